The summed E-state index contributed by atoms with van der Waals surface area (Å²) in [7, 11) is 0. The van der Waals surface area contributed by atoms with Crippen LogP contribution in [0.4, 0.5) is 5.69 Å². The molecule has 2 rings (SSSR count). The monoisotopic (exact) mass is 384 g/mol. The van der Waals surface area contributed by atoms with E-state index in [2.05, 4.69) is 22.1 Å². The van der Waals surface area contributed by atoms with Gasteiger partial charge in [0.15, 0.2) is 0 Å². The Morgan fingerprint density at radius 1 is 1.04 bits per heavy atom. The molecule has 0 saturated carbocycles. The molecule has 0 radical (unpaired) electrons. The van der Waals surface area contributed by atoms with E-state index >= 15 is 0 Å². The highest BCUT2D eigenvalue weighted by Gasteiger charge is 2.21. The number of piperazine rings is 1. The van der Waals surface area contributed by atoms with Crippen LogP contribution < -0.4 is 10.6 Å². The molecule has 1 aromatic rings. The van der Waals surface area contributed by atoms with Gasteiger partial charge in [-0.1, -0.05) is 35.3 Å². The van der Waals surface area contributed by atoms with Gasteiger partial charge in [-0.3, -0.25) is 19.4 Å². The fraction of sp³-hybridized carbons (Fsp3) is 0.412. The summed E-state index contributed by atoms with van der Waals surface area (Å²) < 4.78 is 0. The largest absolute Gasteiger partial charge is 0.352 e. The Balaban J connectivity index is 1.75. The number of anilines is 1. The number of amides is 2. The lowest BCUT2D eigenvalue weighted by atomic mass is 10.3. The highest BCUT2D eigenvalue weighted by atomic mass is 35.5. The topological polar surface area (TPSA) is 64.7 Å². The van der Waals surface area contributed by atoms with Crippen molar-refractivity contribution in [3.63, 3.8) is 0 Å². The van der Waals surface area contributed by atoms with E-state index in [0.717, 1.165) is 26.2 Å². The molecule has 1 aliphatic rings. The maximum Gasteiger partial charge on any atom is 0.238 e. The van der Waals surface area contributed by atoms with Gasteiger partial charge in [0.25, 0.3) is 0 Å². The van der Waals surface area contributed by atoms with Gasteiger partial charge in [0.05, 0.1) is 28.8 Å². The molecule has 1 fully saturated rings. The van der Waals surface area contributed by atoms with Crippen molar-refractivity contribution in [1.29, 1.82) is 0 Å². The number of carbonyl (C=O) groups is 2. The van der Waals surface area contributed by atoms with Gasteiger partial charge in [-0.15, -0.1) is 6.58 Å². The van der Waals surface area contributed by atoms with Crippen LogP contribution in [0, 0.1) is 0 Å². The smallest absolute Gasteiger partial charge is 0.238 e. The first-order valence-corrected chi connectivity index (χ1v) is 8.81. The van der Waals surface area contributed by atoms with Crippen LogP contribution in [0.15, 0.2) is 30.9 Å². The van der Waals surface area contributed by atoms with Crippen molar-refractivity contribution in [3.05, 3.63) is 40.9 Å². The zero-order valence-corrected chi connectivity index (χ0v) is 15.4. The molecule has 0 atom stereocenters. The minimum atomic E-state index is -0.160. The summed E-state index contributed by atoms with van der Waals surface area (Å²) in [6, 6.07) is 5.09. The quantitative estimate of drug-likeness (QED) is 0.704. The lowest BCUT2D eigenvalue weighted by molar-refractivity contribution is -0.123. The first-order valence-electron chi connectivity index (χ1n) is 8.05. The summed E-state index contributed by atoms with van der Waals surface area (Å²) >= 11 is 12.1. The van der Waals surface area contributed by atoms with Crippen molar-refractivity contribution >= 4 is 40.7 Å². The van der Waals surface area contributed by atoms with Crippen LogP contribution >= 0.6 is 23.2 Å². The Bertz CT molecular complexity index is 611. The Morgan fingerprint density at radius 3 is 2.08 bits per heavy atom. The second-order valence-corrected chi connectivity index (χ2v) is 6.60. The van der Waals surface area contributed by atoms with Crippen LogP contribution in [0.2, 0.25) is 10.0 Å². The molecule has 0 unspecified atom stereocenters. The van der Waals surface area contributed by atoms with Crippen molar-refractivity contribution in [1.82, 2.24) is 15.1 Å². The zero-order valence-electron chi connectivity index (χ0n) is 13.9. The van der Waals surface area contributed by atoms with Gasteiger partial charge in [-0.05, 0) is 12.1 Å². The van der Waals surface area contributed by atoms with Crippen LogP contribution in [-0.4, -0.2) is 67.4 Å². The Labute approximate surface area is 157 Å². The SMILES string of the molecule is C=CCNC(=O)CN1CCN(CC(=O)Nc2c(Cl)cccc2Cl)CC1. The molecule has 1 aromatic carbocycles. The molecule has 25 heavy (non-hydrogen) atoms. The Morgan fingerprint density at radius 2 is 1.56 bits per heavy atom. The van der Waals surface area contributed by atoms with E-state index in [0.29, 0.717) is 28.8 Å². The zero-order chi connectivity index (χ0) is 18.2. The lowest BCUT2D eigenvalue weighted by Crippen LogP contribution is -2.51. The molecule has 0 aromatic heterocycles. The molecule has 1 aliphatic heterocycles. The molecule has 6 nitrogen and oxygen atoms in total. The van der Waals surface area contributed by atoms with Gasteiger partial charge in [-0.2, -0.15) is 0 Å². The maximum absolute atomic E-state index is 12.2. The predicted octanol–water partition coefficient (Wildman–Crippen LogP) is 1.85. The molecule has 0 bridgehead atoms. The summed E-state index contributed by atoms with van der Waals surface area (Å²) in [5.41, 5.74) is 0.438. The summed E-state index contributed by atoms with van der Waals surface area (Å²) in [5.74, 6) is -0.174. The highest BCUT2D eigenvalue weighted by Crippen LogP contribution is 2.29. The number of halogens is 2. The third-order valence-corrected chi connectivity index (χ3v) is 4.50. The predicted molar refractivity (Wildman–Crippen MR) is 101 cm³/mol. The number of nitrogens with one attached hydrogen (secondary N) is 2. The van der Waals surface area contributed by atoms with E-state index in [9.17, 15) is 9.59 Å². The maximum atomic E-state index is 12.2. The fourth-order valence-corrected chi connectivity index (χ4v) is 3.04. The first-order chi connectivity index (χ1) is 12.0. The summed E-state index contributed by atoms with van der Waals surface area (Å²) in [4.78, 5) is 28.0. The minimum absolute atomic E-state index is 0.0144. The average Bonchev–Trinajstić information content (AvgIpc) is 2.58. The van der Waals surface area contributed by atoms with E-state index < -0.39 is 0 Å². The van der Waals surface area contributed by atoms with Crippen molar-refractivity contribution in [3.8, 4) is 0 Å². The van der Waals surface area contributed by atoms with Crippen LogP contribution in [-0.2, 0) is 9.59 Å². The van der Waals surface area contributed by atoms with E-state index in [1.165, 1.54) is 0 Å². The van der Waals surface area contributed by atoms with Crippen LogP contribution in [0.3, 0.4) is 0 Å². The molecular weight excluding hydrogens is 363 g/mol. The number of hydrogen-bond acceptors (Lipinski definition) is 4. The van der Waals surface area contributed by atoms with E-state index in [-0.39, 0.29) is 18.4 Å². The van der Waals surface area contributed by atoms with Gasteiger partial charge in [0.2, 0.25) is 11.8 Å². The number of carbonyl (C=O) groups excluding carboxylic acids is 2. The summed E-state index contributed by atoms with van der Waals surface area (Å²) in [6.07, 6.45) is 1.65. The molecule has 0 spiro atoms. The second-order valence-electron chi connectivity index (χ2n) is 5.79. The van der Waals surface area contributed by atoms with E-state index in [1.54, 1.807) is 24.3 Å². The van der Waals surface area contributed by atoms with Gasteiger partial charge in [-0.25, -0.2) is 0 Å². The average molecular weight is 385 g/mol. The summed E-state index contributed by atoms with van der Waals surface area (Å²) in [6.45, 7) is 7.59. The second kappa shape index (κ2) is 9.77. The van der Waals surface area contributed by atoms with Crippen LogP contribution in [0.5, 0.6) is 0 Å². The lowest BCUT2D eigenvalue weighted by Gasteiger charge is -2.33. The molecule has 1 saturated heterocycles. The fourth-order valence-electron chi connectivity index (χ4n) is 2.55. The van der Waals surface area contributed by atoms with Crippen molar-refractivity contribution in [2.75, 3.05) is 51.1 Å². The molecule has 1 heterocycles. The molecule has 2 amide bonds. The van der Waals surface area contributed by atoms with Crippen LogP contribution in [0.1, 0.15) is 0 Å². The molecule has 8 heteroatoms. The van der Waals surface area contributed by atoms with Gasteiger partial charge >= 0.3 is 0 Å². The highest BCUT2D eigenvalue weighted by molar-refractivity contribution is 6.39. The van der Waals surface area contributed by atoms with E-state index in [4.69, 9.17) is 23.2 Å². The number of hydrogen-bond donors (Lipinski definition) is 2. The molecule has 136 valence electrons. The molecular formula is C17H22Cl2N4O2. The standard InChI is InChI=1S/C17H22Cl2N4O2/c1-2-6-20-15(24)11-22-7-9-23(10-8-22)12-16(25)21-17-13(18)4-3-5-14(17)19/h2-5H,1,6-12H2,(H,20,24)(H,21,25). The Hall–Kier alpha value is -1.60. The normalized spacial score (nSPS) is 15.6. The first kappa shape index (κ1) is 19.7. The summed E-state index contributed by atoms with van der Waals surface area (Å²) in [5, 5.41) is 6.35. The van der Waals surface area contributed by atoms with Gasteiger partial charge in [0, 0.05) is 32.7 Å². The third-order valence-electron chi connectivity index (χ3n) is 3.87. The van der Waals surface area contributed by atoms with Crippen LogP contribution in [0.25, 0.3) is 0 Å². The molecule has 2 N–H and O–H groups in total. The third kappa shape index (κ3) is 6.32. The molecule has 0 aliphatic carbocycles. The van der Waals surface area contributed by atoms with Crippen molar-refractivity contribution in [2.24, 2.45) is 0 Å². The van der Waals surface area contributed by atoms with Gasteiger partial charge in [0.1, 0.15) is 0 Å². The van der Waals surface area contributed by atoms with Crippen molar-refractivity contribution < 1.29 is 9.59 Å². The number of rotatable bonds is 7. The number of para-hydroxylation sites is 1. The van der Waals surface area contributed by atoms with Gasteiger partial charge < -0.3 is 10.6 Å². The minimum Gasteiger partial charge on any atom is -0.352 e. The van der Waals surface area contributed by atoms with Crippen molar-refractivity contribution in [2.45, 2.75) is 0 Å². The number of benzene rings is 1. The van der Waals surface area contributed by atoms with E-state index in [1.807, 2.05) is 4.90 Å². The Kier molecular flexibility index (Phi) is 7.71. The number of nitrogens with zero attached hydrogens (tertiary/aromatic N) is 2.